The van der Waals surface area contributed by atoms with E-state index in [9.17, 15) is 10.2 Å². The van der Waals surface area contributed by atoms with Gasteiger partial charge in [-0.25, -0.2) is 0 Å². The van der Waals surface area contributed by atoms with Crippen LogP contribution in [-0.4, -0.2) is 30.1 Å². The van der Waals surface area contributed by atoms with Gasteiger partial charge in [-0.1, -0.05) is 12.1 Å². The van der Waals surface area contributed by atoms with Crippen molar-refractivity contribution in [2.75, 3.05) is 0 Å². The zero-order valence-corrected chi connectivity index (χ0v) is 25.6. The van der Waals surface area contributed by atoms with Gasteiger partial charge in [0.1, 0.15) is 11.5 Å². The summed E-state index contributed by atoms with van der Waals surface area (Å²) in [6.45, 7) is 0. The fraction of sp³-hybridized carbons (Fsp3) is 0.125. The third-order valence-corrected chi connectivity index (χ3v) is 9.51. The third-order valence-electron chi connectivity index (χ3n) is 7.69. The second-order valence-corrected chi connectivity index (χ2v) is 12.7. The molecule has 0 saturated carbocycles. The van der Waals surface area contributed by atoms with Crippen molar-refractivity contribution in [2.45, 2.75) is 24.7 Å². The smallest absolute Gasteiger partial charge is 0.129 e. The first-order chi connectivity index (χ1) is 19.4. The number of nitrogens with one attached hydrogen (secondary N) is 4. The molecular formula is C32H26I2N4O2. The monoisotopic (exact) mass is 752 g/mol. The number of aromatic amines is 4. The fourth-order valence-corrected chi connectivity index (χ4v) is 6.48. The van der Waals surface area contributed by atoms with E-state index in [1.165, 1.54) is 0 Å². The highest BCUT2D eigenvalue weighted by Gasteiger charge is 2.24. The molecule has 0 aliphatic carbocycles. The Bertz CT molecular complexity index is 1630. The summed E-state index contributed by atoms with van der Waals surface area (Å²) < 4.78 is 1.66. The summed E-state index contributed by atoms with van der Waals surface area (Å²) in [7, 11) is 0. The van der Waals surface area contributed by atoms with Gasteiger partial charge >= 0.3 is 0 Å². The lowest BCUT2D eigenvalue weighted by atomic mass is 9.92. The molecule has 0 amide bonds. The van der Waals surface area contributed by atoms with Gasteiger partial charge in [-0.05, 0) is 129 Å². The van der Waals surface area contributed by atoms with Crippen LogP contribution in [0.5, 0.6) is 11.5 Å². The van der Waals surface area contributed by atoms with Crippen molar-refractivity contribution in [2.24, 2.45) is 0 Å². The van der Waals surface area contributed by atoms with Gasteiger partial charge in [-0.15, -0.1) is 0 Å². The highest BCUT2D eigenvalue weighted by Crippen LogP contribution is 2.37. The molecule has 1 aliphatic rings. The summed E-state index contributed by atoms with van der Waals surface area (Å²) in [5.74, 6) is 0.430. The average molecular weight is 752 g/mol. The fourth-order valence-electron chi connectivity index (χ4n) is 5.80. The van der Waals surface area contributed by atoms with Crippen LogP contribution in [0.25, 0.3) is 0 Å². The first kappa shape index (κ1) is 25.6. The lowest BCUT2D eigenvalue weighted by Gasteiger charge is -2.17. The second kappa shape index (κ2) is 10.2. The standard InChI is InChI=1S/C32H26I2N4O2/c33-23-7-1-17(13-29(23)39)31-25-9-3-19(35-25)15-21-5-11-27(37-21)32(18-2-8-24(34)30(40)14-18)28-12-6-22(38-28)16-20-4-10-26(31)36-20/h1-14,31-32,35-40H,15-16H2. The molecule has 7 rings (SSSR count). The van der Waals surface area contributed by atoms with E-state index >= 15 is 0 Å². The van der Waals surface area contributed by atoms with Gasteiger partial charge in [0.15, 0.2) is 0 Å². The molecule has 2 aromatic carbocycles. The van der Waals surface area contributed by atoms with Gasteiger partial charge in [0.2, 0.25) is 0 Å². The van der Waals surface area contributed by atoms with Gasteiger partial charge < -0.3 is 30.1 Å². The SMILES string of the molecule is Oc1cc(C2c3ccc([nH]3)Cc3ccc([nH]3)C(c3ccc(I)c(O)c3)c3ccc([nH]3)Cc3ccc2[nH]3)ccc1I. The van der Waals surface area contributed by atoms with E-state index in [2.05, 4.69) is 126 Å². The number of H-pyrrole nitrogens is 4. The largest absolute Gasteiger partial charge is 0.507 e. The lowest BCUT2D eigenvalue weighted by molar-refractivity contribution is 0.470. The molecule has 8 heteroatoms. The molecule has 6 N–H and O–H groups in total. The zero-order chi connectivity index (χ0) is 27.4. The number of phenols is 2. The number of benzene rings is 2. The molecule has 6 aromatic rings. The van der Waals surface area contributed by atoms with Crippen LogP contribution in [0.4, 0.5) is 0 Å². The minimum absolute atomic E-state index is 0.0744. The first-order valence-corrected chi connectivity index (χ1v) is 15.2. The molecule has 200 valence electrons. The minimum atomic E-state index is -0.0744. The molecule has 0 unspecified atom stereocenters. The van der Waals surface area contributed by atoms with Crippen LogP contribution in [0, 0.1) is 7.14 Å². The molecule has 0 spiro atoms. The van der Waals surface area contributed by atoms with E-state index in [0.717, 1.165) is 76.7 Å². The Balaban J connectivity index is 1.35. The van der Waals surface area contributed by atoms with Crippen LogP contribution in [0.2, 0.25) is 0 Å². The number of halogens is 2. The molecule has 1 aliphatic heterocycles. The van der Waals surface area contributed by atoms with E-state index in [-0.39, 0.29) is 23.3 Å². The number of rotatable bonds is 2. The predicted octanol–water partition coefficient (Wildman–Crippen LogP) is 7.47. The number of aromatic hydroxyl groups is 2. The number of aromatic nitrogens is 4. The Morgan fingerprint density at radius 1 is 0.475 bits per heavy atom. The summed E-state index contributed by atoms with van der Waals surface area (Å²) in [6.07, 6.45) is 1.45. The molecule has 40 heavy (non-hydrogen) atoms. The maximum atomic E-state index is 10.5. The van der Waals surface area contributed by atoms with Crippen molar-refractivity contribution in [3.63, 3.8) is 0 Å². The first-order valence-electron chi connectivity index (χ1n) is 13.1. The average Bonchev–Trinajstić information content (AvgIpc) is 3.74. The maximum absolute atomic E-state index is 10.5. The highest BCUT2D eigenvalue weighted by molar-refractivity contribution is 14.1. The molecule has 0 radical (unpaired) electrons. The molecule has 0 saturated heterocycles. The van der Waals surface area contributed by atoms with E-state index in [1.807, 2.05) is 24.3 Å². The molecule has 0 fully saturated rings. The van der Waals surface area contributed by atoms with Crippen LogP contribution in [0.15, 0.2) is 84.9 Å². The van der Waals surface area contributed by atoms with Gasteiger partial charge in [-0.3, -0.25) is 0 Å². The predicted molar refractivity (Wildman–Crippen MR) is 172 cm³/mol. The van der Waals surface area contributed by atoms with Crippen molar-refractivity contribution in [1.29, 1.82) is 0 Å². The summed E-state index contributed by atoms with van der Waals surface area (Å²) in [5, 5.41) is 21.0. The van der Waals surface area contributed by atoms with Gasteiger partial charge in [-0.2, -0.15) is 0 Å². The van der Waals surface area contributed by atoms with Gasteiger partial charge in [0.25, 0.3) is 0 Å². The van der Waals surface area contributed by atoms with Crippen LogP contribution in [-0.2, 0) is 12.8 Å². The van der Waals surface area contributed by atoms with E-state index < -0.39 is 0 Å². The van der Waals surface area contributed by atoms with Crippen LogP contribution in [0.1, 0.15) is 68.5 Å². The van der Waals surface area contributed by atoms with Gasteiger partial charge in [0, 0.05) is 58.4 Å². The van der Waals surface area contributed by atoms with Crippen molar-refractivity contribution >= 4 is 45.2 Å². The number of hydrogen-bond donors (Lipinski definition) is 6. The van der Waals surface area contributed by atoms with Crippen LogP contribution >= 0.6 is 45.2 Å². The Labute approximate surface area is 258 Å². The second-order valence-electron chi connectivity index (χ2n) is 10.4. The van der Waals surface area contributed by atoms with Crippen molar-refractivity contribution in [3.8, 4) is 11.5 Å². The van der Waals surface area contributed by atoms with Gasteiger partial charge in [0.05, 0.1) is 19.0 Å². The summed E-state index contributed by atoms with van der Waals surface area (Å²) in [5.41, 5.74) is 10.7. The molecule has 5 heterocycles. The Morgan fingerprint density at radius 2 is 0.800 bits per heavy atom. The Kier molecular flexibility index (Phi) is 6.54. The quantitative estimate of drug-likeness (QED) is 0.103. The van der Waals surface area contributed by atoms with Crippen molar-refractivity contribution in [3.05, 3.63) is 149 Å². The molecule has 0 atom stereocenters. The van der Waals surface area contributed by atoms with Crippen molar-refractivity contribution in [1.82, 2.24) is 19.9 Å². The van der Waals surface area contributed by atoms with E-state index in [4.69, 9.17) is 0 Å². The lowest BCUT2D eigenvalue weighted by Crippen LogP contribution is -2.07. The summed E-state index contributed by atoms with van der Waals surface area (Å²) in [6, 6.07) is 29.0. The topological polar surface area (TPSA) is 104 Å². The van der Waals surface area contributed by atoms with E-state index in [1.54, 1.807) is 0 Å². The summed E-state index contributed by atoms with van der Waals surface area (Å²) in [4.78, 5) is 14.7. The highest BCUT2D eigenvalue weighted by atomic mass is 127. The molecule has 6 nitrogen and oxygen atoms in total. The number of fused-ring (bicyclic) bond motifs is 8. The third kappa shape index (κ3) is 4.77. The van der Waals surface area contributed by atoms with Crippen LogP contribution in [0.3, 0.4) is 0 Å². The molecule has 4 aromatic heterocycles. The van der Waals surface area contributed by atoms with E-state index in [0.29, 0.717) is 0 Å². The Hall–Kier alpha value is -3.38. The van der Waals surface area contributed by atoms with Crippen molar-refractivity contribution < 1.29 is 10.2 Å². The number of phenolic OH excluding ortho intramolecular Hbond substituents is 2. The zero-order valence-electron chi connectivity index (χ0n) is 21.3. The van der Waals surface area contributed by atoms with Crippen LogP contribution < -0.4 is 0 Å². The normalized spacial score (nSPS) is 16.8. The summed E-state index contributed by atoms with van der Waals surface area (Å²) >= 11 is 4.31. The Morgan fingerprint density at radius 3 is 1.10 bits per heavy atom. The molecule has 8 bridgehead atoms. The maximum Gasteiger partial charge on any atom is 0.129 e. The molecular weight excluding hydrogens is 726 g/mol. The number of hydrogen-bond acceptors (Lipinski definition) is 2. The minimum Gasteiger partial charge on any atom is -0.507 e.